The Labute approximate surface area is 156 Å². The van der Waals surface area contributed by atoms with E-state index in [0.29, 0.717) is 11.7 Å². The van der Waals surface area contributed by atoms with Crippen LogP contribution in [0.3, 0.4) is 0 Å². The van der Waals surface area contributed by atoms with Gasteiger partial charge in [0.2, 0.25) is 5.91 Å². The van der Waals surface area contributed by atoms with Crippen LogP contribution in [0, 0.1) is 5.92 Å². The standard InChI is InChI=1S/C19H21N5OS/c1-14-6-5-9-23(11-14)17(25)12-26-19-16-10-22-24(18(16)20-13-21-19)15-7-3-2-4-8-15/h2-4,7-8,10,13-14H,5-6,9,11-12H2,1H3/t14-/m0/s1. The second-order valence-corrected chi connectivity index (χ2v) is 7.65. The molecule has 134 valence electrons. The highest BCUT2D eigenvalue weighted by Crippen LogP contribution is 2.26. The van der Waals surface area contributed by atoms with Gasteiger partial charge in [0.15, 0.2) is 5.65 Å². The fourth-order valence-electron chi connectivity index (χ4n) is 3.33. The van der Waals surface area contributed by atoms with E-state index in [0.717, 1.165) is 41.3 Å². The molecule has 2 aromatic heterocycles. The van der Waals surface area contributed by atoms with Gasteiger partial charge in [0.05, 0.1) is 23.0 Å². The summed E-state index contributed by atoms with van der Waals surface area (Å²) < 4.78 is 1.80. The summed E-state index contributed by atoms with van der Waals surface area (Å²) in [5, 5.41) is 6.14. The molecular formula is C19H21N5OS. The lowest BCUT2D eigenvalue weighted by Crippen LogP contribution is -2.40. The number of rotatable bonds is 4. The molecule has 0 unspecified atom stereocenters. The first-order valence-electron chi connectivity index (χ1n) is 8.87. The number of benzene rings is 1. The number of para-hydroxylation sites is 1. The third-order valence-electron chi connectivity index (χ3n) is 4.67. The van der Waals surface area contributed by atoms with Gasteiger partial charge in [-0.15, -0.1) is 0 Å². The summed E-state index contributed by atoms with van der Waals surface area (Å²) in [5.74, 6) is 1.17. The van der Waals surface area contributed by atoms with Crippen LogP contribution < -0.4 is 0 Å². The van der Waals surface area contributed by atoms with Gasteiger partial charge in [-0.1, -0.05) is 36.9 Å². The van der Waals surface area contributed by atoms with Gasteiger partial charge in [-0.2, -0.15) is 5.10 Å². The number of likely N-dealkylation sites (tertiary alicyclic amines) is 1. The molecule has 0 saturated carbocycles. The molecule has 1 fully saturated rings. The molecule has 1 aromatic carbocycles. The molecular weight excluding hydrogens is 346 g/mol. The van der Waals surface area contributed by atoms with E-state index in [9.17, 15) is 4.79 Å². The number of piperidine rings is 1. The number of aromatic nitrogens is 4. The minimum atomic E-state index is 0.184. The van der Waals surface area contributed by atoms with Crippen LogP contribution in [0.1, 0.15) is 19.8 Å². The van der Waals surface area contributed by atoms with Crippen LogP contribution >= 0.6 is 11.8 Å². The molecule has 1 saturated heterocycles. The molecule has 1 amide bonds. The Morgan fingerprint density at radius 2 is 2.12 bits per heavy atom. The van der Waals surface area contributed by atoms with E-state index >= 15 is 0 Å². The molecule has 0 aliphatic carbocycles. The predicted molar refractivity (Wildman–Crippen MR) is 102 cm³/mol. The average molecular weight is 367 g/mol. The maximum atomic E-state index is 12.5. The smallest absolute Gasteiger partial charge is 0.232 e. The third kappa shape index (κ3) is 3.44. The number of hydrogen-bond donors (Lipinski definition) is 0. The lowest BCUT2D eigenvalue weighted by atomic mass is 10.0. The van der Waals surface area contributed by atoms with E-state index in [1.165, 1.54) is 18.2 Å². The molecule has 26 heavy (non-hydrogen) atoms. The zero-order valence-electron chi connectivity index (χ0n) is 14.7. The van der Waals surface area contributed by atoms with Gasteiger partial charge >= 0.3 is 0 Å². The number of carbonyl (C=O) groups excluding carboxylic acids is 1. The topological polar surface area (TPSA) is 63.9 Å². The van der Waals surface area contributed by atoms with E-state index in [2.05, 4.69) is 22.0 Å². The highest BCUT2D eigenvalue weighted by molar-refractivity contribution is 8.00. The van der Waals surface area contributed by atoms with Crippen molar-refractivity contribution < 1.29 is 4.79 Å². The zero-order valence-corrected chi connectivity index (χ0v) is 15.5. The normalized spacial score (nSPS) is 17.6. The molecule has 0 spiro atoms. The molecule has 6 nitrogen and oxygen atoms in total. The van der Waals surface area contributed by atoms with Gasteiger partial charge in [-0.05, 0) is 30.9 Å². The van der Waals surface area contributed by atoms with Gasteiger partial charge in [0.25, 0.3) is 0 Å². The van der Waals surface area contributed by atoms with Crippen molar-refractivity contribution in [2.75, 3.05) is 18.8 Å². The number of carbonyl (C=O) groups is 1. The summed E-state index contributed by atoms with van der Waals surface area (Å²) in [6.45, 7) is 3.94. The van der Waals surface area contributed by atoms with Crippen molar-refractivity contribution in [1.29, 1.82) is 0 Å². The summed E-state index contributed by atoms with van der Waals surface area (Å²) >= 11 is 1.47. The number of hydrogen-bond acceptors (Lipinski definition) is 5. The lowest BCUT2D eigenvalue weighted by Gasteiger charge is -2.30. The van der Waals surface area contributed by atoms with Crippen molar-refractivity contribution in [1.82, 2.24) is 24.6 Å². The van der Waals surface area contributed by atoms with Crippen molar-refractivity contribution in [2.45, 2.75) is 24.8 Å². The summed E-state index contributed by atoms with van der Waals surface area (Å²) in [5.41, 5.74) is 1.71. The van der Waals surface area contributed by atoms with E-state index in [4.69, 9.17) is 0 Å². The number of amides is 1. The molecule has 0 N–H and O–H groups in total. The maximum Gasteiger partial charge on any atom is 0.232 e. The van der Waals surface area contributed by atoms with E-state index in [1.54, 1.807) is 17.2 Å². The average Bonchev–Trinajstić information content (AvgIpc) is 3.11. The molecule has 1 aliphatic heterocycles. The largest absolute Gasteiger partial charge is 0.342 e. The Bertz CT molecular complexity index is 911. The Kier molecular flexibility index (Phi) is 4.88. The summed E-state index contributed by atoms with van der Waals surface area (Å²) in [6.07, 6.45) is 5.62. The highest BCUT2D eigenvalue weighted by atomic mass is 32.2. The highest BCUT2D eigenvalue weighted by Gasteiger charge is 2.21. The van der Waals surface area contributed by atoms with Crippen LogP contribution in [-0.4, -0.2) is 49.4 Å². The molecule has 3 heterocycles. The first-order chi connectivity index (χ1) is 12.7. The molecule has 1 atom stereocenters. The maximum absolute atomic E-state index is 12.5. The summed E-state index contributed by atoms with van der Waals surface area (Å²) in [4.78, 5) is 23.3. The first kappa shape index (κ1) is 17.0. The first-order valence-corrected chi connectivity index (χ1v) is 9.85. The molecule has 0 bridgehead atoms. The van der Waals surface area contributed by atoms with Crippen molar-refractivity contribution in [3.05, 3.63) is 42.9 Å². The summed E-state index contributed by atoms with van der Waals surface area (Å²) in [7, 11) is 0. The quantitative estimate of drug-likeness (QED) is 0.523. The van der Waals surface area contributed by atoms with Crippen molar-refractivity contribution in [3.63, 3.8) is 0 Å². The SMILES string of the molecule is C[C@H]1CCCN(C(=O)CSc2ncnc3c2cnn3-c2ccccc2)C1. The van der Waals surface area contributed by atoms with E-state index < -0.39 is 0 Å². The second-order valence-electron chi connectivity index (χ2n) is 6.68. The fourth-order valence-corrected chi connectivity index (χ4v) is 4.20. The van der Waals surface area contributed by atoms with Gasteiger partial charge in [0.1, 0.15) is 11.4 Å². The minimum absolute atomic E-state index is 0.184. The van der Waals surface area contributed by atoms with Crippen molar-refractivity contribution >= 4 is 28.7 Å². The number of fused-ring (bicyclic) bond motifs is 1. The Hall–Kier alpha value is -2.41. The monoisotopic (exact) mass is 367 g/mol. The Morgan fingerprint density at radius 3 is 2.92 bits per heavy atom. The van der Waals surface area contributed by atoms with Gasteiger partial charge in [-0.25, -0.2) is 14.6 Å². The Morgan fingerprint density at radius 1 is 1.27 bits per heavy atom. The van der Waals surface area contributed by atoms with Gasteiger partial charge < -0.3 is 4.90 Å². The third-order valence-corrected chi connectivity index (χ3v) is 5.66. The van der Waals surface area contributed by atoms with Crippen LogP contribution in [-0.2, 0) is 4.79 Å². The van der Waals surface area contributed by atoms with Crippen LogP contribution in [0.5, 0.6) is 0 Å². The number of thioether (sulfide) groups is 1. The van der Waals surface area contributed by atoms with Crippen LogP contribution in [0.15, 0.2) is 47.9 Å². The van der Waals surface area contributed by atoms with Crippen LogP contribution in [0.4, 0.5) is 0 Å². The van der Waals surface area contributed by atoms with E-state index in [1.807, 2.05) is 35.2 Å². The predicted octanol–water partition coefficient (Wildman–Crippen LogP) is 3.17. The second kappa shape index (κ2) is 7.45. The Balaban J connectivity index is 1.52. The summed E-state index contributed by atoms with van der Waals surface area (Å²) in [6, 6.07) is 9.89. The molecule has 4 rings (SSSR count). The van der Waals surface area contributed by atoms with Crippen molar-refractivity contribution in [2.24, 2.45) is 5.92 Å². The fraction of sp³-hybridized carbons (Fsp3) is 0.368. The van der Waals surface area contributed by atoms with Crippen LogP contribution in [0.2, 0.25) is 0 Å². The molecule has 0 radical (unpaired) electrons. The van der Waals surface area contributed by atoms with Gasteiger partial charge in [-0.3, -0.25) is 4.79 Å². The van der Waals surface area contributed by atoms with Crippen LogP contribution in [0.25, 0.3) is 16.7 Å². The van der Waals surface area contributed by atoms with Gasteiger partial charge in [0, 0.05) is 13.1 Å². The van der Waals surface area contributed by atoms with Crippen molar-refractivity contribution in [3.8, 4) is 5.69 Å². The zero-order chi connectivity index (χ0) is 17.9. The number of nitrogens with zero attached hydrogens (tertiary/aromatic N) is 5. The molecule has 7 heteroatoms. The molecule has 3 aromatic rings. The molecule has 1 aliphatic rings. The minimum Gasteiger partial charge on any atom is -0.342 e. The lowest BCUT2D eigenvalue weighted by molar-refractivity contribution is -0.130. The van der Waals surface area contributed by atoms with E-state index in [-0.39, 0.29) is 5.91 Å².